The van der Waals surface area contributed by atoms with E-state index in [1.807, 2.05) is 41.8 Å². The molecule has 0 bridgehead atoms. The number of aromatic nitrogens is 4. The first kappa shape index (κ1) is 16.6. The lowest BCUT2D eigenvalue weighted by atomic mass is 10.3. The minimum atomic E-state index is -0.273. The van der Waals surface area contributed by atoms with Gasteiger partial charge in [-0.25, -0.2) is 9.78 Å². The Morgan fingerprint density at radius 2 is 1.96 bits per heavy atom. The summed E-state index contributed by atoms with van der Waals surface area (Å²) < 4.78 is 4.78. The fraction of sp³-hybridized carbons (Fsp3) is 0.278. The molecule has 3 heterocycles. The van der Waals surface area contributed by atoms with Crippen molar-refractivity contribution in [3.8, 4) is 0 Å². The Morgan fingerprint density at radius 1 is 1.19 bits per heavy atom. The lowest BCUT2D eigenvalue weighted by Crippen LogP contribution is -2.37. The molecule has 26 heavy (non-hydrogen) atoms. The number of rotatable bonds is 4. The first-order valence-corrected chi connectivity index (χ1v) is 9.26. The summed E-state index contributed by atoms with van der Waals surface area (Å²) in [5.41, 5.74) is 7.34. The SMILES string of the molecule is CCCn1c(=O)n(C)c(=O)c2cc(Cn3c(N)nc4ccccc43)sc21. The number of benzene rings is 1. The second-order valence-corrected chi connectivity index (χ2v) is 7.39. The summed E-state index contributed by atoms with van der Waals surface area (Å²) in [5.74, 6) is 0.433. The monoisotopic (exact) mass is 369 g/mol. The summed E-state index contributed by atoms with van der Waals surface area (Å²) in [6.45, 7) is 3.10. The molecule has 0 aliphatic heterocycles. The molecule has 8 heteroatoms. The van der Waals surface area contributed by atoms with Crippen molar-refractivity contribution in [3.05, 3.63) is 56.0 Å². The highest BCUT2D eigenvalue weighted by Crippen LogP contribution is 2.26. The largest absolute Gasteiger partial charge is 0.369 e. The summed E-state index contributed by atoms with van der Waals surface area (Å²) in [5, 5.41) is 0.573. The highest BCUT2D eigenvalue weighted by molar-refractivity contribution is 7.18. The smallest absolute Gasteiger partial charge is 0.331 e. The van der Waals surface area contributed by atoms with Gasteiger partial charge in [0, 0.05) is 18.5 Å². The quantitative estimate of drug-likeness (QED) is 0.597. The molecular weight excluding hydrogens is 350 g/mol. The van der Waals surface area contributed by atoms with Gasteiger partial charge in [0.05, 0.1) is 23.0 Å². The van der Waals surface area contributed by atoms with Gasteiger partial charge in [-0.1, -0.05) is 19.1 Å². The van der Waals surface area contributed by atoms with E-state index in [9.17, 15) is 9.59 Å². The van der Waals surface area contributed by atoms with Crippen molar-refractivity contribution in [2.45, 2.75) is 26.4 Å². The Labute approximate surface area is 152 Å². The molecule has 2 N–H and O–H groups in total. The molecule has 0 unspecified atom stereocenters. The third kappa shape index (κ3) is 2.45. The molecule has 0 atom stereocenters. The predicted molar refractivity (Wildman–Crippen MR) is 105 cm³/mol. The van der Waals surface area contributed by atoms with E-state index >= 15 is 0 Å². The lowest BCUT2D eigenvalue weighted by molar-refractivity contribution is 0.618. The number of para-hydroxylation sites is 2. The van der Waals surface area contributed by atoms with Gasteiger partial charge in [-0.2, -0.15) is 0 Å². The average molecular weight is 369 g/mol. The Balaban J connectivity index is 1.89. The molecule has 4 aromatic rings. The van der Waals surface area contributed by atoms with Gasteiger partial charge in [0.1, 0.15) is 4.83 Å². The minimum Gasteiger partial charge on any atom is -0.369 e. The zero-order chi connectivity index (χ0) is 18.4. The number of nitrogens with zero attached hydrogens (tertiary/aromatic N) is 4. The third-order valence-corrected chi connectivity index (χ3v) is 5.65. The summed E-state index contributed by atoms with van der Waals surface area (Å²) in [4.78, 5) is 31.0. The van der Waals surface area contributed by atoms with E-state index in [2.05, 4.69) is 4.98 Å². The van der Waals surface area contributed by atoms with Crippen molar-refractivity contribution in [1.29, 1.82) is 0 Å². The van der Waals surface area contributed by atoms with Crippen LogP contribution in [0.3, 0.4) is 0 Å². The van der Waals surface area contributed by atoms with Crippen LogP contribution in [0.5, 0.6) is 0 Å². The number of aryl methyl sites for hydroxylation is 1. The van der Waals surface area contributed by atoms with Crippen LogP contribution in [0.4, 0.5) is 5.95 Å². The normalized spacial score (nSPS) is 11.6. The van der Waals surface area contributed by atoms with Crippen LogP contribution in [0.25, 0.3) is 21.3 Å². The fourth-order valence-corrected chi connectivity index (χ4v) is 4.39. The fourth-order valence-electron chi connectivity index (χ4n) is 3.24. The number of imidazole rings is 1. The van der Waals surface area contributed by atoms with Crippen LogP contribution >= 0.6 is 11.3 Å². The Kier molecular flexibility index (Phi) is 3.91. The molecular formula is C18H19N5O2S. The van der Waals surface area contributed by atoms with Crippen LogP contribution in [0.1, 0.15) is 18.2 Å². The molecule has 0 aliphatic rings. The third-order valence-electron chi connectivity index (χ3n) is 4.51. The number of thiophene rings is 1. The van der Waals surface area contributed by atoms with Crippen LogP contribution in [0.15, 0.2) is 39.9 Å². The maximum Gasteiger partial charge on any atom is 0.331 e. The van der Waals surface area contributed by atoms with Crippen LogP contribution < -0.4 is 17.0 Å². The van der Waals surface area contributed by atoms with Gasteiger partial charge >= 0.3 is 5.69 Å². The van der Waals surface area contributed by atoms with Crippen molar-refractivity contribution in [2.75, 3.05) is 5.73 Å². The second kappa shape index (κ2) is 6.14. The highest BCUT2D eigenvalue weighted by atomic mass is 32.1. The number of nitrogens with two attached hydrogens (primary N) is 1. The standard InChI is InChI=1S/C18H19N5O2S/c1-3-8-22-16-12(15(24)21(2)18(22)25)9-11(26-16)10-23-14-7-5-4-6-13(14)20-17(23)19/h4-7,9H,3,8,10H2,1-2H3,(H2,19,20). The van der Waals surface area contributed by atoms with E-state index < -0.39 is 0 Å². The Morgan fingerprint density at radius 3 is 2.73 bits per heavy atom. The Hall–Kier alpha value is -2.87. The van der Waals surface area contributed by atoms with Crippen LogP contribution in [0, 0.1) is 0 Å². The molecule has 134 valence electrons. The van der Waals surface area contributed by atoms with Gasteiger partial charge in [-0.3, -0.25) is 13.9 Å². The molecule has 4 rings (SSSR count). The minimum absolute atomic E-state index is 0.261. The molecule has 0 radical (unpaired) electrons. The number of fused-ring (bicyclic) bond motifs is 2. The van der Waals surface area contributed by atoms with E-state index in [0.717, 1.165) is 27.2 Å². The first-order chi connectivity index (χ1) is 12.5. The van der Waals surface area contributed by atoms with Crippen molar-refractivity contribution in [2.24, 2.45) is 7.05 Å². The molecule has 0 saturated heterocycles. The van der Waals surface area contributed by atoms with Crippen molar-refractivity contribution >= 4 is 38.5 Å². The van der Waals surface area contributed by atoms with Gasteiger partial charge < -0.3 is 10.3 Å². The summed E-state index contributed by atoms with van der Waals surface area (Å²) in [6.07, 6.45) is 0.819. The van der Waals surface area contributed by atoms with E-state index in [0.29, 0.717) is 24.4 Å². The predicted octanol–water partition coefficient (Wildman–Crippen LogP) is 2.15. The topological polar surface area (TPSA) is 87.8 Å². The molecule has 0 aliphatic carbocycles. The number of hydrogen-bond acceptors (Lipinski definition) is 5. The van der Waals surface area contributed by atoms with E-state index in [-0.39, 0.29) is 11.2 Å². The molecule has 0 spiro atoms. The summed E-state index contributed by atoms with van der Waals surface area (Å²) >= 11 is 1.46. The zero-order valence-corrected chi connectivity index (χ0v) is 15.4. The molecule has 0 fully saturated rings. The van der Waals surface area contributed by atoms with Crippen LogP contribution in [-0.4, -0.2) is 18.7 Å². The van der Waals surface area contributed by atoms with Gasteiger partial charge in [0.15, 0.2) is 0 Å². The van der Waals surface area contributed by atoms with Gasteiger partial charge in [0.2, 0.25) is 5.95 Å². The summed E-state index contributed by atoms with van der Waals surface area (Å²) in [7, 11) is 1.52. The van der Waals surface area contributed by atoms with Gasteiger partial charge in [-0.05, 0) is 24.6 Å². The van der Waals surface area contributed by atoms with Gasteiger partial charge in [0.25, 0.3) is 5.56 Å². The number of nitrogen functional groups attached to an aromatic ring is 1. The maximum atomic E-state index is 12.5. The van der Waals surface area contributed by atoms with Crippen molar-refractivity contribution in [1.82, 2.24) is 18.7 Å². The molecule has 0 saturated carbocycles. The van der Waals surface area contributed by atoms with Crippen molar-refractivity contribution < 1.29 is 0 Å². The van der Waals surface area contributed by atoms with E-state index in [4.69, 9.17) is 5.73 Å². The van der Waals surface area contributed by atoms with Crippen LogP contribution in [-0.2, 0) is 20.1 Å². The second-order valence-electron chi connectivity index (χ2n) is 6.27. The van der Waals surface area contributed by atoms with Crippen LogP contribution in [0.2, 0.25) is 0 Å². The molecule has 7 nitrogen and oxygen atoms in total. The maximum absolute atomic E-state index is 12.5. The molecule has 1 aromatic carbocycles. The number of anilines is 1. The average Bonchev–Trinajstić information content (AvgIpc) is 3.19. The highest BCUT2D eigenvalue weighted by Gasteiger charge is 2.16. The Bertz CT molecular complexity index is 1240. The lowest BCUT2D eigenvalue weighted by Gasteiger charge is -2.07. The summed E-state index contributed by atoms with van der Waals surface area (Å²) in [6, 6.07) is 9.62. The first-order valence-electron chi connectivity index (χ1n) is 8.44. The molecule has 3 aromatic heterocycles. The zero-order valence-electron chi connectivity index (χ0n) is 14.6. The van der Waals surface area contributed by atoms with Gasteiger partial charge in [-0.15, -0.1) is 11.3 Å². The number of hydrogen-bond donors (Lipinski definition) is 1. The van der Waals surface area contributed by atoms with E-state index in [1.54, 1.807) is 4.57 Å². The van der Waals surface area contributed by atoms with E-state index in [1.165, 1.54) is 23.0 Å². The molecule has 0 amide bonds. The van der Waals surface area contributed by atoms with Crippen molar-refractivity contribution in [3.63, 3.8) is 0 Å².